The summed E-state index contributed by atoms with van der Waals surface area (Å²) in [6, 6.07) is 5.37. The van der Waals surface area contributed by atoms with Crippen LogP contribution in [0.5, 0.6) is 0 Å². The Balaban J connectivity index is 2.08. The minimum atomic E-state index is 0.0185. The fourth-order valence-electron chi connectivity index (χ4n) is 1.34. The Hall–Kier alpha value is -1.59. The Morgan fingerprint density at radius 3 is 2.83 bits per heavy atom. The molecule has 2 aromatic rings. The van der Waals surface area contributed by atoms with E-state index in [-0.39, 0.29) is 5.84 Å². The average molecular weight is 279 g/mol. The van der Waals surface area contributed by atoms with Crippen molar-refractivity contribution < 1.29 is 0 Å². The number of rotatable bonds is 4. The fourth-order valence-corrected chi connectivity index (χ4v) is 2.50. The second-order valence-corrected chi connectivity index (χ2v) is 4.96. The first-order valence-corrected chi connectivity index (χ1v) is 6.55. The number of amidine groups is 1. The number of thioether (sulfide) groups is 1. The van der Waals surface area contributed by atoms with E-state index in [9.17, 15) is 0 Å². The van der Waals surface area contributed by atoms with Crippen LogP contribution in [0.25, 0.3) is 0 Å². The van der Waals surface area contributed by atoms with Crippen LogP contribution in [0, 0.1) is 5.41 Å². The third-order valence-corrected chi connectivity index (χ3v) is 3.59. The van der Waals surface area contributed by atoms with Gasteiger partial charge in [0.2, 0.25) is 0 Å². The molecule has 2 rings (SSSR count). The van der Waals surface area contributed by atoms with Crippen molar-refractivity contribution in [3.63, 3.8) is 0 Å². The van der Waals surface area contributed by atoms with E-state index in [2.05, 4.69) is 9.97 Å². The summed E-state index contributed by atoms with van der Waals surface area (Å²) in [5, 5.41) is 8.80. The van der Waals surface area contributed by atoms with Crippen LogP contribution < -0.4 is 5.73 Å². The van der Waals surface area contributed by atoms with Gasteiger partial charge in [-0.3, -0.25) is 10.4 Å². The number of aromatic nitrogens is 2. The van der Waals surface area contributed by atoms with Crippen molar-refractivity contribution in [2.75, 3.05) is 0 Å². The highest BCUT2D eigenvalue weighted by Crippen LogP contribution is 2.25. The summed E-state index contributed by atoms with van der Waals surface area (Å²) in [5.41, 5.74) is 7.02. The predicted octanol–water partition coefficient (Wildman–Crippen LogP) is 2.71. The van der Waals surface area contributed by atoms with Crippen LogP contribution >= 0.6 is 23.4 Å². The van der Waals surface area contributed by atoms with Crippen molar-refractivity contribution in [3.8, 4) is 0 Å². The largest absolute Gasteiger partial charge is 0.384 e. The summed E-state index contributed by atoms with van der Waals surface area (Å²) in [6.45, 7) is 0. The molecule has 0 saturated carbocycles. The normalized spacial score (nSPS) is 10.3. The number of halogens is 1. The van der Waals surface area contributed by atoms with Crippen LogP contribution in [-0.4, -0.2) is 15.8 Å². The molecule has 1 heterocycles. The topological polar surface area (TPSA) is 75.7 Å². The SMILES string of the molecule is N=C(N)c1ccc(CSc2cnccn2)c(Cl)c1. The summed E-state index contributed by atoms with van der Waals surface area (Å²) in [4.78, 5) is 8.17. The van der Waals surface area contributed by atoms with E-state index in [0.717, 1.165) is 10.6 Å². The van der Waals surface area contributed by atoms with Crippen LogP contribution in [0.2, 0.25) is 5.02 Å². The standard InChI is InChI=1S/C12H11ClN4S/c13-10-5-8(12(14)15)1-2-9(10)7-18-11-6-16-3-4-17-11/h1-6H,7H2,(H3,14,15). The molecule has 0 amide bonds. The van der Waals surface area contributed by atoms with Crippen molar-refractivity contribution in [2.45, 2.75) is 10.8 Å². The van der Waals surface area contributed by atoms with Crippen LogP contribution in [0.4, 0.5) is 0 Å². The molecular weight excluding hydrogens is 268 g/mol. The summed E-state index contributed by atoms with van der Waals surface area (Å²) >= 11 is 7.70. The van der Waals surface area contributed by atoms with Crippen molar-refractivity contribution in [3.05, 3.63) is 52.9 Å². The highest BCUT2D eigenvalue weighted by atomic mass is 35.5. The molecule has 4 nitrogen and oxygen atoms in total. The molecule has 1 aromatic carbocycles. The lowest BCUT2D eigenvalue weighted by Crippen LogP contribution is -2.10. The van der Waals surface area contributed by atoms with E-state index in [4.69, 9.17) is 22.7 Å². The summed E-state index contributed by atoms with van der Waals surface area (Å²) in [6.07, 6.45) is 5.00. The van der Waals surface area contributed by atoms with Crippen molar-refractivity contribution >= 4 is 29.2 Å². The second-order valence-electron chi connectivity index (χ2n) is 3.55. The Bertz CT molecular complexity index is 559. The molecule has 0 aliphatic carbocycles. The van der Waals surface area contributed by atoms with Gasteiger partial charge in [0, 0.05) is 28.7 Å². The zero-order chi connectivity index (χ0) is 13.0. The molecule has 92 valence electrons. The Morgan fingerprint density at radius 2 is 2.22 bits per heavy atom. The molecule has 3 N–H and O–H groups in total. The van der Waals surface area contributed by atoms with Gasteiger partial charge in [0.05, 0.1) is 6.20 Å². The lowest BCUT2D eigenvalue weighted by molar-refractivity contribution is 1.05. The molecule has 1 aromatic heterocycles. The van der Waals surface area contributed by atoms with Crippen LogP contribution in [0.15, 0.2) is 41.8 Å². The smallest absolute Gasteiger partial charge is 0.122 e. The summed E-state index contributed by atoms with van der Waals surface area (Å²) in [7, 11) is 0. The van der Waals surface area contributed by atoms with E-state index >= 15 is 0 Å². The van der Waals surface area contributed by atoms with Gasteiger partial charge in [-0.15, -0.1) is 11.8 Å². The zero-order valence-electron chi connectivity index (χ0n) is 9.43. The quantitative estimate of drug-likeness (QED) is 0.512. The maximum atomic E-state index is 7.33. The lowest BCUT2D eigenvalue weighted by Gasteiger charge is -2.05. The van der Waals surface area contributed by atoms with Gasteiger partial charge >= 0.3 is 0 Å². The first-order valence-electron chi connectivity index (χ1n) is 5.18. The predicted molar refractivity (Wildman–Crippen MR) is 74.1 cm³/mol. The van der Waals surface area contributed by atoms with Gasteiger partial charge in [0.25, 0.3) is 0 Å². The monoisotopic (exact) mass is 278 g/mol. The first-order chi connectivity index (χ1) is 8.66. The van der Waals surface area contributed by atoms with Gasteiger partial charge in [-0.25, -0.2) is 4.98 Å². The van der Waals surface area contributed by atoms with Crippen molar-refractivity contribution in [2.24, 2.45) is 5.73 Å². The zero-order valence-corrected chi connectivity index (χ0v) is 11.0. The molecule has 18 heavy (non-hydrogen) atoms. The van der Waals surface area contributed by atoms with E-state index in [1.807, 2.05) is 6.07 Å². The summed E-state index contributed by atoms with van der Waals surface area (Å²) < 4.78 is 0. The molecule has 6 heteroatoms. The van der Waals surface area contributed by atoms with E-state index in [1.165, 1.54) is 0 Å². The number of nitrogens with zero attached hydrogens (tertiary/aromatic N) is 2. The van der Waals surface area contributed by atoms with Crippen LogP contribution in [-0.2, 0) is 5.75 Å². The Kier molecular flexibility index (Phi) is 4.17. The first kappa shape index (κ1) is 12.9. The minimum Gasteiger partial charge on any atom is -0.384 e. The Labute approximate surface area is 114 Å². The van der Waals surface area contributed by atoms with E-state index in [1.54, 1.807) is 42.5 Å². The molecule has 0 spiro atoms. The molecule has 0 radical (unpaired) electrons. The van der Waals surface area contributed by atoms with Crippen LogP contribution in [0.3, 0.4) is 0 Å². The van der Waals surface area contributed by atoms with Crippen molar-refractivity contribution in [1.82, 2.24) is 9.97 Å². The maximum absolute atomic E-state index is 7.33. The number of nitrogen functional groups attached to an aromatic ring is 1. The average Bonchev–Trinajstić information content (AvgIpc) is 2.38. The second kappa shape index (κ2) is 5.84. The number of benzene rings is 1. The molecule has 0 unspecified atom stereocenters. The van der Waals surface area contributed by atoms with Gasteiger partial charge in [-0.2, -0.15) is 0 Å². The number of hydrogen-bond acceptors (Lipinski definition) is 4. The van der Waals surface area contributed by atoms with Gasteiger partial charge in [-0.05, 0) is 11.6 Å². The molecular formula is C12H11ClN4S. The maximum Gasteiger partial charge on any atom is 0.122 e. The van der Waals surface area contributed by atoms with Gasteiger partial charge in [-0.1, -0.05) is 23.7 Å². The molecule has 0 fully saturated rings. The minimum absolute atomic E-state index is 0.0185. The number of hydrogen-bond donors (Lipinski definition) is 2. The lowest BCUT2D eigenvalue weighted by atomic mass is 10.1. The Morgan fingerprint density at radius 1 is 1.39 bits per heavy atom. The highest BCUT2D eigenvalue weighted by Gasteiger charge is 2.05. The van der Waals surface area contributed by atoms with Gasteiger partial charge in [0.15, 0.2) is 0 Å². The number of nitrogens with one attached hydrogen (secondary N) is 1. The van der Waals surface area contributed by atoms with Crippen molar-refractivity contribution in [1.29, 1.82) is 5.41 Å². The van der Waals surface area contributed by atoms with E-state index < -0.39 is 0 Å². The van der Waals surface area contributed by atoms with Gasteiger partial charge in [0.1, 0.15) is 10.9 Å². The van der Waals surface area contributed by atoms with Crippen LogP contribution in [0.1, 0.15) is 11.1 Å². The van der Waals surface area contributed by atoms with Gasteiger partial charge < -0.3 is 5.73 Å². The van der Waals surface area contributed by atoms with E-state index in [0.29, 0.717) is 16.3 Å². The molecule has 0 aliphatic rings. The fraction of sp³-hybridized carbons (Fsp3) is 0.0833. The molecule has 0 atom stereocenters. The third kappa shape index (κ3) is 3.21. The molecule has 0 bridgehead atoms. The third-order valence-electron chi connectivity index (χ3n) is 2.28. The molecule has 0 saturated heterocycles. The summed E-state index contributed by atoms with van der Waals surface area (Å²) in [5.74, 6) is 0.723. The highest BCUT2D eigenvalue weighted by molar-refractivity contribution is 7.98. The molecule has 0 aliphatic heterocycles. The number of nitrogens with two attached hydrogens (primary N) is 1.